The van der Waals surface area contributed by atoms with Crippen LogP contribution in [0.25, 0.3) is 0 Å². The smallest absolute Gasteiger partial charge is 0.252 e. The monoisotopic (exact) mass is 288 g/mol. The Balaban J connectivity index is 2.59. The molecule has 0 aliphatic carbocycles. The molecule has 16 heavy (non-hydrogen) atoms. The normalized spacial score (nSPS) is 10.6. The van der Waals surface area contributed by atoms with Gasteiger partial charge in [-0.15, -0.1) is 0 Å². The molecule has 0 fully saturated rings. The summed E-state index contributed by atoms with van der Waals surface area (Å²) in [7, 11) is 3.86. The fourth-order valence-electron chi connectivity index (χ4n) is 1.16. The van der Waals surface area contributed by atoms with Crippen molar-refractivity contribution in [2.24, 2.45) is 0 Å². The molecule has 0 atom stereocenters. The topological polar surface area (TPSA) is 32.3 Å². The Kier molecular flexibility index (Phi) is 4.89. The molecule has 0 bridgehead atoms. The second-order valence-electron chi connectivity index (χ2n) is 3.68. The van der Waals surface area contributed by atoms with Crippen molar-refractivity contribution in [3.05, 3.63) is 34.1 Å². The third-order valence-corrected chi connectivity index (χ3v) is 2.68. The molecule has 3 nitrogen and oxygen atoms in total. The van der Waals surface area contributed by atoms with Gasteiger partial charge in [0.15, 0.2) is 0 Å². The van der Waals surface area contributed by atoms with Crippen LogP contribution in [0.2, 0.25) is 0 Å². The lowest BCUT2D eigenvalue weighted by Gasteiger charge is -2.11. The summed E-state index contributed by atoms with van der Waals surface area (Å²) >= 11 is 3.16. The van der Waals surface area contributed by atoms with Crippen LogP contribution in [0.3, 0.4) is 0 Å². The lowest BCUT2D eigenvalue weighted by Crippen LogP contribution is -2.31. The van der Waals surface area contributed by atoms with E-state index >= 15 is 0 Å². The average Bonchev–Trinajstić information content (AvgIpc) is 2.16. The molecule has 0 aliphatic heterocycles. The fraction of sp³-hybridized carbons (Fsp3) is 0.364. The number of carbonyl (C=O) groups is 1. The highest BCUT2D eigenvalue weighted by molar-refractivity contribution is 9.10. The first-order valence-corrected chi connectivity index (χ1v) is 5.68. The molecule has 0 radical (unpaired) electrons. The molecule has 0 unspecified atom stereocenters. The highest BCUT2D eigenvalue weighted by atomic mass is 79.9. The Morgan fingerprint density at radius 2 is 2.19 bits per heavy atom. The number of hydrogen-bond acceptors (Lipinski definition) is 2. The van der Waals surface area contributed by atoms with Gasteiger partial charge in [-0.05, 0) is 48.2 Å². The zero-order chi connectivity index (χ0) is 12.1. The first-order valence-electron chi connectivity index (χ1n) is 4.88. The van der Waals surface area contributed by atoms with E-state index in [1.54, 1.807) is 0 Å². The highest BCUT2D eigenvalue weighted by Gasteiger charge is 2.09. The van der Waals surface area contributed by atoms with E-state index < -0.39 is 0 Å². The molecule has 88 valence electrons. The second kappa shape index (κ2) is 5.96. The molecule has 0 heterocycles. The largest absolute Gasteiger partial charge is 0.351 e. The van der Waals surface area contributed by atoms with Gasteiger partial charge in [0.25, 0.3) is 5.91 Å². The maximum atomic E-state index is 12.8. The summed E-state index contributed by atoms with van der Waals surface area (Å²) < 4.78 is 13.3. The minimum atomic E-state index is -0.364. The summed E-state index contributed by atoms with van der Waals surface area (Å²) in [6.07, 6.45) is 0. The summed E-state index contributed by atoms with van der Waals surface area (Å²) in [6, 6.07) is 4.01. The SMILES string of the molecule is CN(C)CCNC(=O)c1ccc(F)cc1Br. The number of nitrogens with zero attached hydrogens (tertiary/aromatic N) is 1. The number of rotatable bonds is 4. The lowest BCUT2D eigenvalue weighted by molar-refractivity contribution is 0.0950. The number of carbonyl (C=O) groups excluding carboxylic acids is 1. The number of amides is 1. The van der Waals surface area contributed by atoms with Crippen molar-refractivity contribution in [1.29, 1.82) is 0 Å². The Labute approximate surface area is 103 Å². The number of halogens is 2. The molecule has 1 aromatic carbocycles. The van der Waals surface area contributed by atoms with E-state index in [-0.39, 0.29) is 11.7 Å². The van der Waals surface area contributed by atoms with Gasteiger partial charge in [-0.3, -0.25) is 4.79 Å². The highest BCUT2D eigenvalue weighted by Crippen LogP contribution is 2.17. The molecule has 0 aromatic heterocycles. The number of nitrogens with one attached hydrogen (secondary N) is 1. The van der Waals surface area contributed by atoms with E-state index in [1.807, 2.05) is 19.0 Å². The predicted molar refractivity (Wildman–Crippen MR) is 65.0 cm³/mol. The first kappa shape index (κ1) is 13.1. The van der Waals surface area contributed by atoms with Gasteiger partial charge in [0.2, 0.25) is 0 Å². The minimum Gasteiger partial charge on any atom is -0.351 e. The fourth-order valence-corrected chi connectivity index (χ4v) is 1.69. The maximum Gasteiger partial charge on any atom is 0.252 e. The summed E-state index contributed by atoms with van der Waals surface area (Å²) in [5.41, 5.74) is 0.445. The third kappa shape index (κ3) is 3.90. The standard InChI is InChI=1S/C11H14BrFN2O/c1-15(2)6-5-14-11(16)9-4-3-8(13)7-10(9)12/h3-4,7H,5-6H2,1-2H3,(H,14,16). The molecule has 1 N–H and O–H groups in total. The Bertz CT molecular complexity index is 382. The predicted octanol–water partition coefficient (Wildman–Crippen LogP) is 1.88. The van der Waals surface area contributed by atoms with E-state index in [9.17, 15) is 9.18 Å². The summed E-state index contributed by atoms with van der Waals surface area (Å²) in [5.74, 6) is -0.564. The van der Waals surface area contributed by atoms with Gasteiger partial charge in [-0.1, -0.05) is 0 Å². The number of benzene rings is 1. The van der Waals surface area contributed by atoms with Gasteiger partial charge >= 0.3 is 0 Å². The molecule has 1 rings (SSSR count). The van der Waals surface area contributed by atoms with Crippen LogP contribution in [0.4, 0.5) is 4.39 Å². The minimum absolute atomic E-state index is 0.200. The van der Waals surface area contributed by atoms with Crippen molar-refractivity contribution in [2.75, 3.05) is 27.2 Å². The summed E-state index contributed by atoms with van der Waals surface area (Å²) in [4.78, 5) is 13.6. The average molecular weight is 289 g/mol. The van der Waals surface area contributed by atoms with Crippen LogP contribution in [0.5, 0.6) is 0 Å². The molecule has 5 heteroatoms. The van der Waals surface area contributed by atoms with E-state index in [4.69, 9.17) is 0 Å². The van der Waals surface area contributed by atoms with E-state index in [0.717, 1.165) is 6.54 Å². The zero-order valence-corrected chi connectivity index (χ0v) is 10.8. The van der Waals surface area contributed by atoms with Gasteiger partial charge in [0.1, 0.15) is 5.82 Å². The van der Waals surface area contributed by atoms with Crippen LogP contribution in [-0.2, 0) is 0 Å². The Morgan fingerprint density at radius 1 is 1.50 bits per heavy atom. The summed E-state index contributed by atoms with van der Waals surface area (Å²) in [5, 5.41) is 2.76. The molecule has 0 saturated carbocycles. The zero-order valence-electron chi connectivity index (χ0n) is 9.26. The van der Waals surface area contributed by atoms with Crippen molar-refractivity contribution in [3.8, 4) is 0 Å². The van der Waals surface area contributed by atoms with Crippen LogP contribution >= 0.6 is 15.9 Å². The number of hydrogen-bond donors (Lipinski definition) is 1. The van der Waals surface area contributed by atoms with Crippen molar-refractivity contribution in [1.82, 2.24) is 10.2 Å². The van der Waals surface area contributed by atoms with Crippen molar-refractivity contribution >= 4 is 21.8 Å². The maximum absolute atomic E-state index is 12.8. The number of likely N-dealkylation sites (N-methyl/N-ethyl adjacent to an activating group) is 1. The van der Waals surface area contributed by atoms with E-state index in [1.165, 1.54) is 18.2 Å². The molecular formula is C11H14BrFN2O. The lowest BCUT2D eigenvalue weighted by atomic mass is 10.2. The Morgan fingerprint density at radius 3 is 2.75 bits per heavy atom. The van der Waals surface area contributed by atoms with Crippen LogP contribution in [0, 0.1) is 5.82 Å². The second-order valence-corrected chi connectivity index (χ2v) is 4.54. The van der Waals surface area contributed by atoms with Crippen molar-refractivity contribution < 1.29 is 9.18 Å². The summed E-state index contributed by atoms with van der Waals surface area (Å²) in [6.45, 7) is 1.33. The Hall–Kier alpha value is -0.940. The first-order chi connectivity index (χ1) is 7.50. The molecule has 0 spiro atoms. The van der Waals surface area contributed by atoms with E-state index in [0.29, 0.717) is 16.6 Å². The third-order valence-electron chi connectivity index (χ3n) is 2.02. The van der Waals surface area contributed by atoms with Crippen LogP contribution in [-0.4, -0.2) is 38.0 Å². The molecule has 1 aromatic rings. The van der Waals surface area contributed by atoms with Crippen LogP contribution in [0.1, 0.15) is 10.4 Å². The van der Waals surface area contributed by atoms with Gasteiger partial charge in [0.05, 0.1) is 5.56 Å². The molecule has 0 aliphatic rings. The van der Waals surface area contributed by atoms with Crippen LogP contribution < -0.4 is 5.32 Å². The van der Waals surface area contributed by atoms with Gasteiger partial charge < -0.3 is 10.2 Å². The molecule has 0 saturated heterocycles. The van der Waals surface area contributed by atoms with Crippen LogP contribution in [0.15, 0.2) is 22.7 Å². The quantitative estimate of drug-likeness (QED) is 0.918. The molecular weight excluding hydrogens is 275 g/mol. The van der Waals surface area contributed by atoms with Crippen molar-refractivity contribution in [3.63, 3.8) is 0 Å². The van der Waals surface area contributed by atoms with Gasteiger partial charge in [0, 0.05) is 17.6 Å². The van der Waals surface area contributed by atoms with Crippen molar-refractivity contribution in [2.45, 2.75) is 0 Å². The molecule has 1 amide bonds. The van der Waals surface area contributed by atoms with Gasteiger partial charge in [-0.2, -0.15) is 0 Å². The van der Waals surface area contributed by atoms with E-state index in [2.05, 4.69) is 21.2 Å². The van der Waals surface area contributed by atoms with Gasteiger partial charge in [-0.25, -0.2) is 4.39 Å².